The number of likely N-dealkylation sites (tertiary alicyclic amines) is 1. The molecule has 1 N–H and O–H groups in total. The van der Waals surface area contributed by atoms with Crippen LogP contribution in [0.4, 0.5) is 0 Å². The van der Waals surface area contributed by atoms with Gasteiger partial charge in [-0.2, -0.15) is 0 Å². The fourth-order valence-electron chi connectivity index (χ4n) is 2.48. The zero-order valence-electron chi connectivity index (χ0n) is 12.9. The molecule has 4 nitrogen and oxygen atoms in total. The van der Waals surface area contributed by atoms with Crippen LogP contribution in [0.3, 0.4) is 0 Å². The van der Waals surface area contributed by atoms with Gasteiger partial charge in [-0.3, -0.25) is 4.98 Å². The second kappa shape index (κ2) is 7.60. The summed E-state index contributed by atoms with van der Waals surface area (Å²) in [5.41, 5.74) is 1.08. The molecule has 0 spiro atoms. The average Bonchev–Trinajstić information content (AvgIpc) is 2.48. The minimum absolute atomic E-state index is 0.298. The van der Waals surface area contributed by atoms with Gasteiger partial charge in [0.25, 0.3) is 0 Å². The number of pyridine rings is 1. The lowest BCUT2D eigenvalue weighted by Gasteiger charge is -2.29. The third kappa shape index (κ3) is 4.46. The van der Waals surface area contributed by atoms with Gasteiger partial charge in [-0.1, -0.05) is 6.92 Å². The molecule has 1 saturated heterocycles. The topological polar surface area (TPSA) is 37.4 Å². The predicted octanol–water partition coefficient (Wildman–Crippen LogP) is 2.62. The first kappa shape index (κ1) is 15.3. The highest BCUT2D eigenvalue weighted by Crippen LogP contribution is 2.19. The second-order valence-electron chi connectivity index (χ2n) is 5.72. The lowest BCUT2D eigenvalue weighted by atomic mass is 10.1. The Morgan fingerprint density at radius 1 is 1.40 bits per heavy atom. The molecule has 1 aliphatic heterocycles. The van der Waals surface area contributed by atoms with Crippen LogP contribution < -0.4 is 10.1 Å². The summed E-state index contributed by atoms with van der Waals surface area (Å²) in [5.74, 6) is 0.894. The molecular formula is C16H27N3O. The van der Waals surface area contributed by atoms with Gasteiger partial charge in [0, 0.05) is 19.1 Å². The van der Waals surface area contributed by atoms with Gasteiger partial charge in [0.1, 0.15) is 11.9 Å². The van der Waals surface area contributed by atoms with Crippen LogP contribution in [0.5, 0.6) is 5.75 Å². The molecule has 0 radical (unpaired) electrons. The van der Waals surface area contributed by atoms with E-state index in [2.05, 4.69) is 42.2 Å². The van der Waals surface area contributed by atoms with E-state index in [-0.39, 0.29) is 0 Å². The molecule has 0 bridgehead atoms. The number of ether oxygens (including phenoxy) is 1. The Hall–Kier alpha value is -1.13. The molecule has 0 saturated carbocycles. The molecule has 1 fully saturated rings. The Morgan fingerprint density at radius 3 is 2.75 bits per heavy atom. The van der Waals surface area contributed by atoms with Gasteiger partial charge in [-0.25, -0.2) is 0 Å². The van der Waals surface area contributed by atoms with Crippen LogP contribution in [0.2, 0.25) is 0 Å². The Labute approximate surface area is 122 Å². The average molecular weight is 277 g/mol. The molecule has 4 heteroatoms. The molecule has 2 heterocycles. The van der Waals surface area contributed by atoms with Crippen molar-refractivity contribution in [1.82, 2.24) is 15.2 Å². The van der Waals surface area contributed by atoms with Gasteiger partial charge in [-0.15, -0.1) is 0 Å². The number of nitrogens with zero attached hydrogens (tertiary/aromatic N) is 2. The number of hydrogen-bond acceptors (Lipinski definition) is 4. The lowest BCUT2D eigenvalue weighted by molar-refractivity contribution is 0.114. The quantitative estimate of drug-likeness (QED) is 0.867. The van der Waals surface area contributed by atoms with Crippen LogP contribution in [-0.4, -0.2) is 42.7 Å². The van der Waals surface area contributed by atoms with Crippen molar-refractivity contribution in [3.8, 4) is 5.75 Å². The molecule has 0 aliphatic carbocycles. The van der Waals surface area contributed by atoms with E-state index in [4.69, 9.17) is 4.74 Å². The highest BCUT2D eigenvalue weighted by atomic mass is 16.5. The van der Waals surface area contributed by atoms with E-state index in [1.165, 1.54) is 0 Å². The smallest absolute Gasteiger partial charge is 0.138 e. The summed E-state index contributed by atoms with van der Waals surface area (Å²) in [4.78, 5) is 6.86. The normalized spacial score (nSPS) is 18.9. The number of aromatic nitrogens is 1. The summed E-state index contributed by atoms with van der Waals surface area (Å²) < 4.78 is 6.01. The van der Waals surface area contributed by atoms with Crippen LogP contribution in [-0.2, 0) is 0 Å². The molecule has 2 rings (SSSR count). The monoisotopic (exact) mass is 277 g/mol. The zero-order chi connectivity index (χ0) is 14.4. The highest BCUT2D eigenvalue weighted by molar-refractivity contribution is 5.21. The van der Waals surface area contributed by atoms with Crippen molar-refractivity contribution in [3.63, 3.8) is 0 Å². The van der Waals surface area contributed by atoms with Crippen LogP contribution in [0, 0.1) is 0 Å². The molecule has 1 aliphatic rings. The van der Waals surface area contributed by atoms with Gasteiger partial charge >= 0.3 is 0 Å². The standard InChI is InChI=1S/C16H27N3O/c1-4-9-17-13(2)16-6-5-15(12-18-16)20-14-7-10-19(3)11-8-14/h5-6,12-14,17H,4,7-11H2,1-3H3. The summed E-state index contributed by atoms with van der Waals surface area (Å²) in [7, 11) is 2.16. The fourth-order valence-corrected chi connectivity index (χ4v) is 2.48. The zero-order valence-corrected chi connectivity index (χ0v) is 12.9. The van der Waals surface area contributed by atoms with Gasteiger partial charge in [0.05, 0.1) is 11.9 Å². The molecular weight excluding hydrogens is 250 g/mol. The molecule has 1 atom stereocenters. The largest absolute Gasteiger partial charge is 0.489 e. The Kier molecular flexibility index (Phi) is 5.80. The summed E-state index contributed by atoms with van der Waals surface area (Å²) >= 11 is 0. The van der Waals surface area contributed by atoms with Gasteiger partial charge in [0.15, 0.2) is 0 Å². The minimum atomic E-state index is 0.298. The van der Waals surface area contributed by atoms with E-state index in [1.807, 2.05) is 12.3 Å². The van der Waals surface area contributed by atoms with E-state index in [0.717, 1.165) is 50.3 Å². The van der Waals surface area contributed by atoms with E-state index in [1.54, 1.807) is 0 Å². The number of rotatable bonds is 6. The van der Waals surface area contributed by atoms with E-state index >= 15 is 0 Å². The first-order chi connectivity index (χ1) is 9.69. The van der Waals surface area contributed by atoms with Crippen molar-refractivity contribution in [2.24, 2.45) is 0 Å². The Morgan fingerprint density at radius 2 is 2.15 bits per heavy atom. The molecule has 1 aromatic rings. The van der Waals surface area contributed by atoms with Gasteiger partial charge < -0.3 is 15.0 Å². The number of hydrogen-bond donors (Lipinski definition) is 1. The second-order valence-corrected chi connectivity index (χ2v) is 5.72. The number of piperidine rings is 1. The SMILES string of the molecule is CCCNC(C)c1ccc(OC2CCN(C)CC2)cn1. The third-order valence-electron chi connectivity index (χ3n) is 3.87. The maximum atomic E-state index is 6.01. The third-order valence-corrected chi connectivity index (χ3v) is 3.87. The van der Waals surface area contributed by atoms with E-state index < -0.39 is 0 Å². The number of nitrogens with one attached hydrogen (secondary N) is 1. The fraction of sp³-hybridized carbons (Fsp3) is 0.688. The maximum absolute atomic E-state index is 6.01. The molecule has 1 aromatic heterocycles. The van der Waals surface area contributed by atoms with E-state index in [0.29, 0.717) is 12.1 Å². The summed E-state index contributed by atoms with van der Waals surface area (Å²) in [5, 5.41) is 3.45. The Balaban J connectivity index is 1.85. The van der Waals surface area contributed by atoms with Gasteiger partial charge in [0.2, 0.25) is 0 Å². The molecule has 0 aromatic carbocycles. The summed E-state index contributed by atoms with van der Waals surface area (Å²) in [6.07, 6.45) is 5.55. The van der Waals surface area contributed by atoms with E-state index in [9.17, 15) is 0 Å². The van der Waals surface area contributed by atoms with Crippen molar-refractivity contribution in [2.45, 2.75) is 45.3 Å². The van der Waals surface area contributed by atoms with Gasteiger partial charge in [-0.05, 0) is 51.9 Å². The first-order valence-electron chi connectivity index (χ1n) is 7.73. The van der Waals surface area contributed by atoms with Crippen molar-refractivity contribution >= 4 is 0 Å². The summed E-state index contributed by atoms with van der Waals surface area (Å²) in [6, 6.07) is 4.41. The lowest BCUT2D eigenvalue weighted by Crippen LogP contribution is -2.35. The highest BCUT2D eigenvalue weighted by Gasteiger charge is 2.18. The van der Waals surface area contributed by atoms with Crippen LogP contribution in [0.1, 0.15) is 44.8 Å². The minimum Gasteiger partial charge on any atom is -0.489 e. The Bertz CT molecular complexity index is 385. The van der Waals surface area contributed by atoms with Crippen LogP contribution in [0.25, 0.3) is 0 Å². The molecule has 20 heavy (non-hydrogen) atoms. The predicted molar refractivity (Wildman–Crippen MR) is 82.1 cm³/mol. The first-order valence-corrected chi connectivity index (χ1v) is 7.73. The van der Waals surface area contributed by atoms with Crippen LogP contribution >= 0.6 is 0 Å². The van der Waals surface area contributed by atoms with Crippen molar-refractivity contribution < 1.29 is 4.74 Å². The van der Waals surface area contributed by atoms with Crippen molar-refractivity contribution in [2.75, 3.05) is 26.7 Å². The van der Waals surface area contributed by atoms with Crippen molar-refractivity contribution in [3.05, 3.63) is 24.0 Å². The molecule has 112 valence electrons. The molecule has 1 unspecified atom stereocenters. The van der Waals surface area contributed by atoms with Crippen LogP contribution in [0.15, 0.2) is 18.3 Å². The maximum Gasteiger partial charge on any atom is 0.138 e. The van der Waals surface area contributed by atoms with Crippen molar-refractivity contribution in [1.29, 1.82) is 0 Å². The summed E-state index contributed by atoms with van der Waals surface area (Å²) in [6.45, 7) is 7.58. The molecule has 0 amide bonds.